The molecule has 0 aliphatic heterocycles. The zero-order chi connectivity index (χ0) is 14.2. The maximum Gasteiger partial charge on any atom is 0.264 e. The Labute approximate surface area is 111 Å². The van der Waals surface area contributed by atoms with Crippen LogP contribution in [0.5, 0.6) is 0 Å². The van der Waals surface area contributed by atoms with E-state index in [-0.39, 0.29) is 12.8 Å². The van der Waals surface area contributed by atoms with Gasteiger partial charge < -0.3 is 4.18 Å². The largest absolute Gasteiger partial charge is 0.407 e. The molecule has 0 saturated carbocycles. The molecule has 0 bridgehead atoms. The van der Waals surface area contributed by atoms with Gasteiger partial charge in [0.1, 0.15) is 0 Å². The fraction of sp³-hybridized carbons (Fsp3) is 0.500. The fourth-order valence-corrected chi connectivity index (χ4v) is 2.91. The molecule has 0 fully saturated rings. The van der Waals surface area contributed by atoms with Crippen molar-refractivity contribution in [2.45, 2.75) is 18.3 Å². The van der Waals surface area contributed by atoms with Gasteiger partial charge in [-0.05, 0) is 12.8 Å². The molecule has 0 aromatic heterocycles. The summed E-state index contributed by atoms with van der Waals surface area (Å²) in [7, 11) is -4.10. The van der Waals surface area contributed by atoms with Crippen LogP contribution in [0.15, 0.2) is 24.8 Å². The molecule has 0 aromatic rings. The lowest BCUT2D eigenvalue weighted by Crippen LogP contribution is -2.21. The molecule has 0 spiro atoms. The highest BCUT2D eigenvalue weighted by Crippen LogP contribution is 2.12. The summed E-state index contributed by atoms with van der Waals surface area (Å²) in [4.78, 5) is 0. The molecular weight excluding hydrogens is 304 g/mol. The van der Waals surface area contributed by atoms with Crippen molar-refractivity contribution >= 4 is 32.3 Å². The molecule has 106 valence electrons. The van der Waals surface area contributed by atoms with E-state index in [2.05, 4.69) is 17.3 Å². The van der Waals surface area contributed by atoms with E-state index in [0.717, 1.165) is 11.7 Å². The van der Waals surface area contributed by atoms with Gasteiger partial charge in [0.05, 0.1) is 12.0 Å². The van der Waals surface area contributed by atoms with E-state index in [1.807, 2.05) is 0 Å². The lowest BCUT2D eigenvalue weighted by molar-refractivity contribution is 0.283. The number of hydrogen-bond acceptors (Lipinski definition) is 6. The van der Waals surface area contributed by atoms with Crippen molar-refractivity contribution in [2.24, 2.45) is 0 Å². The number of rotatable bonds is 10. The van der Waals surface area contributed by atoms with Gasteiger partial charge in [0.15, 0.2) is 16.5 Å². The molecule has 7 nitrogen and oxygen atoms in total. The Bertz CT molecular complexity index is 428. The summed E-state index contributed by atoms with van der Waals surface area (Å²) in [6.45, 7) is 6.42. The molecule has 0 saturated heterocycles. The van der Waals surface area contributed by atoms with Crippen molar-refractivity contribution in [1.29, 1.82) is 0 Å². The summed E-state index contributed by atoms with van der Waals surface area (Å²) < 4.78 is 61.5. The van der Waals surface area contributed by atoms with Crippen LogP contribution in [0.1, 0.15) is 12.8 Å². The van der Waals surface area contributed by atoms with Crippen LogP contribution >= 0.6 is 0 Å². The fourth-order valence-electron chi connectivity index (χ4n) is 0.883. The molecule has 10 heteroatoms. The predicted octanol–water partition coefficient (Wildman–Crippen LogP) is 0.628. The van der Waals surface area contributed by atoms with E-state index in [0.29, 0.717) is 0 Å². The van der Waals surface area contributed by atoms with Gasteiger partial charge >= 0.3 is 0 Å². The van der Waals surface area contributed by atoms with Gasteiger partial charge in [0, 0.05) is 5.41 Å². The Kier molecular flexibility index (Phi) is 8.27. The van der Waals surface area contributed by atoms with Crippen LogP contribution in [0.4, 0.5) is 0 Å². The average Bonchev–Trinajstić information content (AvgIpc) is 2.26. The van der Waals surface area contributed by atoms with E-state index >= 15 is 0 Å². The van der Waals surface area contributed by atoms with Crippen LogP contribution in [0, 0.1) is 0 Å². The Balaban J connectivity index is 4.46. The first-order chi connectivity index (χ1) is 8.30. The minimum atomic E-state index is -4.10. The zero-order valence-corrected chi connectivity index (χ0v) is 11.8. The summed E-state index contributed by atoms with van der Waals surface area (Å²) in [5.41, 5.74) is -1.11. The SMILES string of the molecule is C=COS(=O)C(CCCS(=O)(=O)O)OS(=O)C=C. The summed E-state index contributed by atoms with van der Waals surface area (Å²) in [5, 5.41) is 0.987. The van der Waals surface area contributed by atoms with Gasteiger partial charge in [-0.15, -0.1) is 0 Å². The van der Waals surface area contributed by atoms with Crippen molar-refractivity contribution in [3.05, 3.63) is 24.8 Å². The molecule has 18 heavy (non-hydrogen) atoms. The minimum absolute atomic E-state index is 0.0237. The van der Waals surface area contributed by atoms with Gasteiger partial charge in [0.25, 0.3) is 10.1 Å². The van der Waals surface area contributed by atoms with Crippen molar-refractivity contribution in [3.8, 4) is 0 Å². The van der Waals surface area contributed by atoms with Gasteiger partial charge in [-0.1, -0.05) is 13.2 Å². The van der Waals surface area contributed by atoms with Crippen molar-refractivity contribution < 1.29 is 29.8 Å². The monoisotopic (exact) mass is 318 g/mol. The third-order valence-corrected chi connectivity index (χ3v) is 4.27. The summed E-state index contributed by atoms with van der Waals surface area (Å²) in [5.74, 6) is -0.515. The smallest absolute Gasteiger partial charge is 0.264 e. The molecule has 1 N–H and O–H groups in total. The topological polar surface area (TPSA) is 107 Å². The molecule has 0 radical (unpaired) electrons. The van der Waals surface area contributed by atoms with Crippen LogP contribution in [0.2, 0.25) is 0 Å². The summed E-state index contributed by atoms with van der Waals surface area (Å²) in [6.07, 6.45) is 0.871. The molecule has 0 aromatic carbocycles. The van der Waals surface area contributed by atoms with Crippen LogP contribution in [0.25, 0.3) is 0 Å². The first-order valence-corrected chi connectivity index (χ1v) is 8.52. The second-order valence-corrected chi connectivity index (χ2v) is 6.76. The molecule has 0 rings (SSSR count). The Morgan fingerprint density at radius 3 is 2.39 bits per heavy atom. The maximum atomic E-state index is 11.5. The predicted molar refractivity (Wildman–Crippen MR) is 68.3 cm³/mol. The highest BCUT2D eigenvalue weighted by atomic mass is 32.2. The molecule has 0 aliphatic rings. The minimum Gasteiger partial charge on any atom is -0.407 e. The second kappa shape index (κ2) is 8.53. The van der Waals surface area contributed by atoms with Gasteiger partial charge in [-0.2, -0.15) is 8.42 Å². The first-order valence-electron chi connectivity index (χ1n) is 4.64. The summed E-state index contributed by atoms with van der Waals surface area (Å²) >= 11 is -3.83. The Morgan fingerprint density at radius 2 is 1.94 bits per heavy atom. The molecular formula is C8H14O7S3. The molecule has 0 amide bonds. The van der Waals surface area contributed by atoms with E-state index in [1.54, 1.807) is 0 Å². The molecule has 0 aliphatic carbocycles. The Hall–Kier alpha value is -0.550. The summed E-state index contributed by atoms with van der Waals surface area (Å²) in [6, 6.07) is 0. The standard InChI is InChI=1S/C8H14O7S3/c1-3-14-17(10)8(15-16(9)4-2)6-5-7-18(11,12)13/h3-4,8H,1-2,5-7H2,(H,11,12,13). The molecule has 0 heterocycles. The van der Waals surface area contributed by atoms with Gasteiger partial charge in [-0.25, -0.2) is 8.42 Å². The van der Waals surface area contributed by atoms with Crippen LogP contribution in [-0.2, 0) is 40.6 Å². The van der Waals surface area contributed by atoms with Crippen molar-refractivity contribution in [3.63, 3.8) is 0 Å². The third kappa shape index (κ3) is 8.53. The third-order valence-electron chi connectivity index (χ3n) is 1.56. The van der Waals surface area contributed by atoms with E-state index in [9.17, 15) is 16.8 Å². The lowest BCUT2D eigenvalue weighted by Gasteiger charge is -2.13. The van der Waals surface area contributed by atoms with Crippen molar-refractivity contribution in [2.75, 3.05) is 5.75 Å². The van der Waals surface area contributed by atoms with Gasteiger partial charge in [0.2, 0.25) is 11.1 Å². The normalized spacial score (nSPS) is 16.5. The van der Waals surface area contributed by atoms with Gasteiger partial charge in [-0.3, -0.25) is 8.74 Å². The van der Waals surface area contributed by atoms with E-state index in [1.165, 1.54) is 0 Å². The Morgan fingerprint density at radius 1 is 1.33 bits per heavy atom. The average molecular weight is 318 g/mol. The quantitative estimate of drug-likeness (QED) is 0.465. The van der Waals surface area contributed by atoms with Crippen molar-refractivity contribution in [1.82, 2.24) is 0 Å². The molecule has 3 unspecified atom stereocenters. The van der Waals surface area contributed by atoms with E-state index < -0.39 is 43.5 Å². The molecule has 3 atom stereocenters. The highest BCUT2D eigenvalue weighted by molar-refractivity contribution is 7.86. The van der Waals surface area contributed by atoms with Crippen LogP contribution in [0.3, 0.4) is 0 Å². The highest BCUT2D eigenvalue weighted by Gasteiger charge is 2.22. The second-order valence-electron chi connectivity index (χ2n) is 2.90. The van der Waals surface area contributed by atoms with Crippen LogP contribution < -0.4 is 0 Å². The van der Waals surface area contributed by atoms with E-state index in [4.69, 9.17) is 8.74 Å². The van der Waals surface area contributed by atoms with Crippen LogP contribution in [-0.4, -0.2) is 32.6 Å². The lowest BCUT2D eigenvalue weighted by atomic mass is 10.4. The maximum absolute atomic E-state index is 11.5. The number of hydrogen-bond donors (Lipinski definition) is 1. The zero-order valence-electron chi connectivity index (χ0n) is 9.39. The first kappa shape index (κ1) is 17.4.